The molecule has 3 rings (SSSR count). The Bertz CT molecular complexity index is 967. The molecule has 0 unspecified atom stereocenters. The van der Waals surface area contributed by atoms with Crippen LogP contribution in [-0.4, -0.2) is 11.5 Å². The Labute approximate surface area is 180 Å². The Morgan fingerprint density at radius 3 is 1.67 bits per heavy atom. The third-order valence-electron chi connectivity index (χ3n) is 5.47. The maximum atomic E-state index is 12.9. The molecule has 0 fully saturated rings. The molecular formula is C26H33O3P. The van der Waals surface area contributed by atoms with Crippen LogP contribution in [0.3, 0.4) is 0 Å². The van der Waals surface area contributed by atoms with Crippen LogP contribution in [0.15, 0.2) is 72.8 Å². The third-order valence-corrected chi connectivity index (χ3v) is 9.37. The average Bonchev–Trinajstić information content (AvgIpc) is 2.70. The molecule has 0 bridgehead atoms. The molecule has 0 amide bonds. The van der Waals surface area contributed by atoms with Crippen molar-refractivity contribution in [3.05, 3.63) is 89.5 Å². The summed E-state index contributed by atoms with van der Waals surface area (Å²) in [5.41, 5.74) is 2.84. The van der Waals surface area contributed by atoms with Crippen molar-refractivity contribution in [1.82, 2.24) is 0 Å². The molecule has 3 aromatic carbocycles. The Kier molecular flexibility index (Phi) is 6.67. The van der Waals surface area contributed by atoms with E-state index in [0.29, 0.717) is 28.9 Å². The van der Waals surface area contributed by atoms with Crippen LogP contribution >= 0.6 is 7.28 Å². The second-order valence-corrected chi connectivity index (χ2v) is 11.6. The van der Waals surface area contributed by atoms with E-state index in [4.69, 9.17) is 9.05 Å². The Morgan fingerprint density at radius 2 is 1.20 bits per heavy atom. The molecule has 0 aliphatic heterocycles. The summed E-state index contributed by atoms with van der Waals surface area (Å²) in [7, 11) is -4.49. The van der Waals surface area contributed by atoms with E-state index in [0.717, 1.165) is 23.1 Å². The van der Waals surface area contributed by atoms with Gasteiger partial charge in [0.15, 0.2) is 0 Å². The van der Waals surface area contributed by atoms with Crippen LogP contribution in [0.5, 0.6) is 5.75 Å². The van der Waals surface area contributed by atoms with Crippen LogP contribution in [0.2, 0.25) is 0 Å². The molecule has 0 saturated heterocycles. The van der Waals surface area contributed by atoms with Crippen molar-refractivity contribution in [1.29, 1.82) is 0 Å². The van der Waals surface area contributed by atoms with Crippen LogP contribution in [0.1, 0.15) is 37.0 Å². The number of benzene rings is 3. The predicted octanol–water partition coefficient (Wildman–Crippen LogP) is 5.99. The summed E-state index contributed by atoms with van der Waals surface area (Å²) in [6, 6.07) is 23.5. The summed E-state index contributed by atoms with van der Waals surface area (Å²) in [6.45, 7) is 10.7. The third kappa shape index (κ3) is 4.30. The van der Waals surface area contributed by atoms with Crippen molar-refractivity contribution in [2.75, 3.05) is 6.61 Å². The molecule has 0 saturated carbocycles. The molecule has 0 aliphatic rings. The zero-order valence-electron chi connectivity index (χ0n) is 18.6. The van der Waals surface area contributed by atoms with Gasteiger partial charge in [-0.3, -0.25) is 0 Å². The summed E-state index contributed by atoms with van der Waals surface area (Å²) < 4.78 is 13.3. The summed E-state index contributed by atoms with van der Waals surface area (Å²) in [4.78, 5) is 12.9. The SMILES string of the molecule is Cc1ccccc1OP(O)(OCCC(C)C)(c1ccccc1C)c1ccccc1C. The molecule has 0 spiro atoms. The van der Waals surface area contributed by atoms with Crippen molar-refractivity contribution in [3.8, 4) is 5.75 Å². The molecule has 0 atom stereocenters. The zero-order chi connectivity index (χ0) is 21.8. The minimum atomic E-state index is -4.49. The van der Waals surface area contributed by atoms with Crippen LogP contribution in [0.25, 0.3) is 0 Å². The molecule has 4 heteroatoms. The number of rotatable bonds is 8. The summed E-state index contributed by atoms with van der Waals surface area (Å²) >= 11 is 0. The topological polar surface area (TPSA) is 38.7 Å². The Hall–Kier alpha value is -2.19. The average molecular weight is 425 g/mol. The van der Waals surface area contributed by atoms with Gasteiger partial charge in [-0.2, -0.15) is 0 Å². The Morgan fingerprint density at radius 1 is 0.733 bits per heavy atom. The van der Waals surface area contributed by atoms with Crippen LogP contribution in [0, 0.1) is 26.7 Å². The molecule has 0 heterocycles. The number of hydrogen-bond donors (Lipinski definition) is 1. The zero-order valence-corrected chi connectivity index (χ0v) is 19.5. The van der Waals surface area contributed by atoms with Gasteiger partial charge < -0.3 is 0 Å². The normalized spacial score (nSPS) is 13.1. The minimum absolute atomic E-state index is 0.403. The van der Waals surface area contributed by atoms with Crippen molar-refractivity contribution >= 4 is 17.9 Å². The fraction of sp³-hybridized carbons (Fsp3) is 0.308. The van der Waals surface area contributed by atoms with E-state index < -0.39 is 7.28 Å². The van der Waals surface area contributed by atoms with E-state index in [1.54, 1.807) is 0 Å². The number of para-hydroxylation sites is 1. The van der Waals surface area contributed by atoms with Gasteiger partial charge in [0.25, 0.3) is 0 Å². The van der Waals surface area contributed by atoms with E-state index >= 15 is 0 Å². The van der Waals surface area contributed by atoms with Gasteiger partial charge in [0, 0.05) is 0 Å². The van der Waals surface area contributed by atoms with E-state index in [9.17, 15) is 4.89 Å². The molecule has 0 aromatic heterocycles. The first-order chi connectivity index (χ1) is 14.2. The predicted molar refractivity (Wildman–Crippen MR) is 128 cm³/mol. The van der Waals surface area contributed by atoms with Crippen molar-refractivity contribution in [3.63, 3.8) is 0 Å². The molecule has 1 N–H and O–H groups in total. The summed E-state index contributed by atoms with van der Waals surface area (Å²) in [5.74, 6) is 1.08. The van der Waals surface area contributed by atoms with Crippen LogP contribution < -0.4 is 15.1 Å². The molecule has 3 aromatic rings. The van der Waals surface area contributed by atoms with Crippen LogP contribution in [-0.2, 0) is 4.52 Å². The first-order valence-corrected chi connectivity index (χ1v) is 12.6. The van der Waals surface area contributed by atoms with E-state index in [1.165, 1.54) is 0 Å². The molecule has 160 valence electrons. The molecule has 0 radical (unpaired) electrons. The first kappa shape index (κ1) is 22.5. The number of aryl methyl sites for hydroxylation is 3. The first-order valence-electron chi connectivity index (χ1n) is 10.6. The summed E-state index contributed by atoms with van der Waals surface area (Å²) in [5, 5.41) is 1.43. The van der Waals surface area contributed by atoms with Gasteiger partial charge in [0.1, 0.15) is 0 Å². The fourth-order valence-corrected chi connectivity index (χ4v) is 7.60. The van der Waals surface area contributed by atoms with Gasteiger partial charge in [0.2, 0.25) is 0 Å². The van der Waals surface area contributed by atoms with Crippen molar-refractivity contribution in [2.45, 2.75) is 41.0 Å². The molecule has 3 nitrogen and oxygen atoms in total. The quantitative estimate of drug-likeness (QED) is 0.451. The van der Waals surface area contributed by atoms with E-state index in [-0.39, 0.29) is 0 Å². The Balaban J connectivity index is 2.32. The van der Waals surface area contributed by atoms with Crippen molar-refractivity contribution in [2.24, 2.45) is 5.92 Å². The van der Waals surface area contributed by atoms with E-state index in [2.05, 4.69) is 13.8 Å². The van der Waals surface area contributed by atoms with Gasteiger partial charge in [-0.15, -0.1) is 0 Å². The van der Waals surface area contributed by atoms with Gasteiger partial charge in [-0.05, 0) is 0 Å². The second kappa shape index (κ2) is 8.89. The standard InChI is InChI=1S/C26H33O3P/c1-20(2)18-19-28-30(27,25-16-10-7-13-22(25)4,26-17-11-8-14-23(26)5)29-24-15-9-6-12-21(24)3/h6-17,20,27H,18-19H2,1-5H3. The maximum absolute atomic E-state index is 12.9. The van der Waals surface area contributed by atoms with Crippen LogP contribution in [0.4, 0.5) is 0 Å². The van der Waals surface area contributed by atoms with Gasteiger partial charge in [-0.1, -0.05) is 0 Å². The summed E-state index contributed by atoms with van der Waals surface area (Å²) in [6.07, 6.45) is 0.827. The van der Waals surface area contributed by atoms with Gasteiger partial charge in [0.05, 0.1) is 0 Å². The van der Waals surface area contributed by atoms with E-state index in [1.807, 2.05) is 93.6 Å². The fourth-order valence-electron chi connectivity index (χ4n) is 3.70. The molecule has 30 heavy (non-hydrogen) atoms. The molecule has 0 aliphatic carbocycles. The molecular weight excluding hydrogens is 391 g/mol. The van der Waals surface area contributed by atoms with Gasteiger partial charge >= 0.3 is 181 Å². The van der Waals surface area contributed by atoms with Gasteiger partial charge in [-0.25, -0.2) is 0 Å². The second-order valence-electron chi connectivity index (χ2n) is 8.36. The monoisotopic (exact) mass is 424 g/mol. The van der Waals surface area contributed by atoms with Crippen molar-refractivity contribution < 1.29 is 13.9 Å². The number of hydrogen-bond acceptors (Lipinski definition) is 3.